The van der Waals surface area contributed by atoms with Crippen LogP contribution in [0.4, 0.5) is 0 Å². The lowest BCUT2D eigenvalue weighted by Crippen LogP contribution is -2.30. The fourth-order valence-electron chi connectivity index (χ4n) is 1.89. The van der Waals surface area contributed by atoms with Gasteiger partial charge in [0.15, 0.2) is 11.5 Å². The summed E-state index contributed by atoms with van der Waals surface area (Å²) in [6.45, 7) is 2.68. The highest BCUT2D eigenvalue weighted by Crippen LogP contribution is 2.29. The van der Waals surface area contributed by atoms with E-state index in [0.29, 0.717) is 13.1 Å². The van der Waals surface area contributed by atoms with Crippen molar-refractivity contribution in [2.75, 3.05) is 6.54 Å². The molecular weight excluding hydrogens is 256 g/mol. The van der Waals surface area contributed by atoms with Crippen LogP contribution in [0.2, 0.25) is 0 Å². The van der Waals surface area contributed by atoms with Gasteiger partial charge < -0.3 is 15.1 Å². The SMILES string of the molecule is CCN(Cc1ccccn1)C(=O)c1cccc(O)c1O. The number of benzene rings is 1. The van der Waals surface area contributed by atoms with E-state index in [1.165, 1.54) is 18.2 Å². The van der Waals surface area contributed by atoms with Crippen LogP contribution >= 0.6 is 0 Å². The molecular formula is C15H16N2O3. The summed E-state index contributed by atoms with van der Waals surface area (Å²) in [7, 11) is 0. The van der Waals surface area contributed by atoms with Crippen molar-refractivity contribution in [1.82, 2.24) is 9.88 Å². The molecule has 0 unspecified atom stereocenters. The van der Waals surface area contributed by atoms with Crippen LogP contribution in [0, 0.1) is 0 Å². The number of nitrogens with zero attached hydrogens (tertiary/aromatic N) is 2. The maximum Gasteiger partial charge on any atom is 0.258 e. The Kier molecular flexibility index (Phi) is 4.20. The smallest absolute Gasteiger partial charge is 0.258 e. The molecule has 0 saturated heterocycles. The quantitative estimate of drug-likeness (QED) is 0.836. The van der Waals surface area contributed by atoms with Crippen LogP contribution in [0.15, 0.2) is 42.6 Å². The fraction of sp³-hybridized carbons (Fsp3) is 0.200. The second-order valence-electron chi connectivity index (χ2n) is 4.31. The van der Waals surface area contributed by atoms with Crippen LogP contribution in [0.1, 0.15) is 23.0 Å². The van der Waals surface area contributed by atoms with Crippen LogP contribution in [-0.4, -0.2) is 32.5 Å². The molecule has 2 N–H and O–H groups in total. The summed E-state index contributed by atoms with van der Waals surface area (Å²) in [5.41, 5.74) is 0.852. The molecule has 1 aromatic carbocycles. The first-order chi connectivity index (χ1) is 9.63. The van der Waals surface area contributed by atoms with Crippen LogP contribution in [-0.2, 0) is 6.54 Å². The Morgan fingerprint density at radius 2 is 2.00 bits per heavy atom. The molecule has 2 aromatic rings. The van der Waals surface area contributed by atoms with Gasteiger partial charge >= 0.3 is 0 Å². The van der Waals surface area contributed by atoms with Gasteiger partial charge in [-0.1, -0.05) is 12.1 Å². The van der Waals surface area contributed by atoms with E-state index in [1.807, 2.05) is 25.1 Å². The van der Waals surface area contributed by atoms with Gasteiger partial charge in [0.2, 0.25) is 0 Å². The van der Waals surface area contributed by atoms with Gasteiger partial charge in [0.25, 0.3) is 5.91 Å². The lowest BCUT2D eigenvalue weighted by Gasteiger charge is -2.21. The lowest BCUT2D eigenvalue weighted by molar-refractivity contribution is 0.0747. The van der Waals surface area contributed by atoms with Crippen molar-refractivity contribution in [2.24, 2.45) is 0 Å². The van der Waals surface area contributed by atoms with Crippen LogP contribution in [0.5, 0.6) is 11.5 Å². The van der Waals surface area contributed by atoms with Gasteiger partial charge in [-0.15, -0.1) is 0 Å². The molecule has 0 fully saturated rings. The summed E-state index contributed by atoms with van der Waals surface area (Å²) < 4.78 is 0. The number of hydrogen-bond acceptors (Lipinski definition) is 4. The molecule has 1 amide bonds. The molecule has 5 nitrogen and oxygen atoms in total. The number of amides is 1. The van der Waals surface area contributed by atoms with Gasteiger partial charge in [-0.2, -0.15) is 0 Å². The maximum atomic E-state index is 12.4. The zero-order valence-corrected chi connectivity index (χ0v) is 11.2. The topological polar surface area (TPSA) is 73.7 Å². The predicted octanol–water partition coefficient (Wildman–Crippen LogP) is 2.16. The van der Waals surface area contributed by atoms with Gasteiger partial charge in [0.1, 0.15) is 0 Å². The van der Waals surface area contributed by atoms with E-state index in [4.69, 9.17) is 0 Å². The Bertz CT molecular complexity index is 599. The molecule has 5 heteroatoms. The van der Waals surface area contributed by atoms with Gasteiger partial charge in [0, 0.05) is 12.7 Å². The van der Waals surface area contributed by atoms with Crippen LogP contribution < -0.4 is 0 Å². The van der Waals surface area contributed by atoms with E-state index in [1.54, 1.807) is 11.1 Å². The minimum absolute atomic E-state index is 0.0859. The number of aromatic nitrogens is 1. The largest absolute Gasteiger partial charge is 0.504 e. The Morgan fingerprint density at radius 1 is 1.20 bits per heavy atom. The second kappa shape index (κ2) is 6.06. The molecule has 104 valence electrons. The molecule has 0 spiro atoms. The number of carbonyl (C=O) groups excluding carboxylic acids is 1. The Hall–Kier alpha value is -2.56. The maximum absolute atomic E-state index is 12.4. The van der Waals surface area contributed by atoms with Crippen molar-refractivity contribution >= 4 is 5.91 Å². The molecule has 2 rings (SSSR count). The second-order valence-corrected chi connectivity index (χ2v) is 4.31. The molecule has 0 aliphatic heterocycles. The van der Waals surface area contributed by atoms with Gasteiger partial charge in [-0.05, 0) is 31.2 Å². The summed E-state index contributed by atoms with van der Waals surface area (Å²) in [5.74, 6) is -1.03. The third kappa shape index (κ3) is 2.88. The molecule has 0 radical (unpaired) electrons. The third-order valence-corrected chi connectivity index (χ3v) is 2.99. The first-order valence-electron chi connectivity index (χ1n) is 6.33. The zero-order chi connectivity index (χ0) is 14.5. The van der Waals surface area contributed by atoms with E-state index in [2.05, 4.69) is 4.98 Å². The summed E-state index contributed by atoms with van der Waals surface area (Å²) in [5, 5.41) is 19.2. The van der Waals surface area contributed by atoms with E-state index in [9.17, 15) is 15.0 Å². The first-order valence-corrected chi connectivity index (χ1v) is 6.33. The highest BCUT2D eigenvalue weighted by Gasteiger charge is 2.19. The van der Waals surface area contributed by atoms with Crippen LogP contribution in [0.3, 0.4) is 0 Å². The molecule has 1 heterocycles. The number of hydrogen-bond donors (Lipinski definition) is 2. The highest BCUT2D eigenvalue weighted by molar-refractivity contribution is 5.97. The average Bonchev–Trinajstić information content (AvgIpc) is 2.48. The van der Waals surface area contributed by atoms with Crippen molar-refractivity contribution in [1.29, 1.82) is 0 Å². The number of para-hydroxylation sites is 1. The predicted molar refractivity (Wildman–Crippen MR) is 74.4 cm³/mol. The number of phenols is 2. The fourth-order valence-corrected chi connectivity index (χ4v) is 1.89. The third-order valence-electron chi connectivity index (χ3n) is 2.99. The van der Waals surface area contributed by atoms with Crippen LogP contribution in [0.25, 0.3) is 0 Å². The van der Waals surface area contributed by atoms with Crippen molar-refractivity contribution in [2.45, 2.75) is 13.5 Å². The molecule has 0 atom stereocenters. The summed E-state index contributed by atoms with van der Waals surface area (Å²) in [6.07, 6.45) is 1.67. The zero-order valence-electron chi connectivity index (χ0n) is 11.2. The van der Waals surface area contributed by atoms with E-state index in [-0.39, 0.29) is 17.2 Å². The van der Waals surface area contributed by atoms with Gasteiger partial charge in [-0.3, -0.25) is 9.78 Å². The van der Waals surface area contributed by atoms with E-state index < -0.39 is 5.75 Å². The molecule has 1 aromatic heterocycles. The van der Waals surface area contributed by atoms with Gasteiger partial charge in [0.05, 0.1) is 17.8 Å². The van der Waals surface area contributed by atoms with Crippen molar-refractivity contribution in [3.63, 3.8) is 0 Å². The molecule has 0 aliphatic rings. The molecule has 20 heavy (non-hydrogen) atoms. The highest BCUT2D eigenvalue weighted by atomic mass is 16.3. The lowest BCUT2D eigenvalue weighted by atomic mass is 10.1. The summed E-state index contributed by atoms with van der Waals surface area (Å²) >= 11 is 0. The Labute approximate surface area is 117 Å². The standard InChI is InChI=1S/C15H16N2O3/c1-2-17(10-11-6-3-4-9-16-11)15(20)12-7-5-8-13(18)14(12)19/h3-9,18-19H,2,10H2,1H3. The number of rotatable bonds is 4. The van der Waals surface area contributed by atoms with E-state index in [0.717, 1.165) is 5.69 Å². The molecule has 0 bridgehead atoms. The normalized spacial score (nSPS) is 10.2. The number of phenolic OH excluding ortho intramolecular Hbond substituents is 2. The van der Waals surface area contributed by atoms with Crippen molar-refractivity contribution < 1.29 is 15.0 Å². The number of pyridine rings is 1. The number of carbonyl (C=O) groups is 1. The Balaban J connectivity index is 2.23. The first kappa shape index (κ1) is 13.9. The average molecular weight is 272 g/mol. The van der Waals surface area contributed by atoms with Crippen molar-refractivity contribution in [3.05, 3.63) is 53.9 Å². The molecule has 0 aliphatic carbocycles. The van der Waals surface area contributed by atoms with Gasteiger partial charge in [-0.25, -0.2) is 0 Å². The monoisotopic (exact) mass is 272 g/mol. The van der Waals surface area contributed by atoms with Crippen molar-refractivity contribution in [3.8, 4) is 11.5 Å². The Morgan fingerprint density at radius 3 is 2.65 bits per heavy atom. The minimum atomic E-state index is -0.392. The summed E-state index contributed by atoms with van der Waals surface area (Å²) in [4.78, 5) is 18.1. The minimum Gasteiger partial charge on any atom is -0.504 e. The van der Waals surface area contributed by atoms with E-state index >= 15 is 0 Å². The summed E-state index contributed by atoms with van der Waals surface area (Å²) in [6, 6.07) is 9.84. The number of aromatic hydroxyl groups is 2. The molecule has 0 saturated carbocycles.